The number of carbonyl (C=O) groups is 2. The van der Waals surface area contributed by atoms with Crippen molar-refractivity contribution in [3.63, 3.8) is 0 Å². The molecule has 1 aliphatic heterocycles. The van der Waals surface area contributed by atoms with Crippen LogP contribution in [0.15, 0.2) is 41.5 Å². The summed E-state index contributed by atoms with van der Waals surface area (Å²) in [5.74, 6) is -1.79. The highest BCUT2D eigenvalue weighted by molar-refractivity contribution is 7.11. The van der Waals surface area contributed by atoms with Crippen molar-refractivity contribution < 1.29 is 14.7 Å². The molecule has 2 aromatic rings. The van der Waals surface area contributed by atoms with Crippen LogP contribution in [0.2, 0.25) is 5.02 Å². The third-order valence-corrected chi connectivity index (χ3v) is 4.60. The second kappa shape index (κ2) is 5.02. The molecule has 0 radical (unpaired) electrons. The van der Waals surface area contributed by atoms with Crippen LogP contribution in [-0.4, -0.2) is 16.9 Å². The summed E-state index contributed by atoms with van der Waals surface area (Å²) >= 11 is 7.33. The Hall–Kier alpha value is -2.11. The van der Waals surface area contributed by atoms with Crippen molar-refractivity contribution >= 4 is 46.0 Å². The molecule has 0 atom stereocenters. The second-order valence-electron chi connectivity index (χ2n) is 4.53. The Morgan fingerprint density at radius 2 is 1.90 bits per heavy atom. The van der Waals surface area contributed by atoms with E-state index in [-0.39, 0.29) is 5.57 Å². The molecule has 0 saturated carbocycles. The molecule has 1 aliphatic rings. The predicted molar refractivity (Wildman–Crippen MR) is 82.5 cm³/mol. The number of halogens is 1. The standard InChI is InChI=1S/C15H10ClNO3S/c1-8-9(16)4-2-5-10(8)17-14(19)12(13(18)15(17)20)11-6-3-7-21-11/h2-7,18H,1H3. The van der Waals surface area contributed by atoms with Gasteiger partial charge in [0.25, 0.3) is 5.91 Å². The zero-order valence-corrected chi connectivity index (χ0v) is 12.5. The van der Waals surface area contributed by atoms with Gasteiger partial charge < -0.3 is 5.11 Å². The molecule has 4 nitrogen and oxygen atoms in total. The van der Waals surface area contributed by atoms with Gasteiger partial charge in [0.2, 0.25) is 0 Å². The predicted octanol–water partition coefficient (Wildman–Crippen LogP) is 3.55. The molecular weight excluding hydrogens is 310 g/mol. The van der Waals surface area contributed by atoms with Crippen molar-refractivity contribution in [3.05, 3.63) is 56.9 Å². The molecule has 1 aromatic carbocycles. The fourth-order valence-electron chi connectivity index (χ4n) is 2.22. The number of hydrogen-bond donors (Lipinski definition) is 1. The van der Waals surface area contributed by atoms with Crippen molar-refractivity contribution in [1.82, 2.24) is 0 Å². The van der Waals surface area contributed by atoms with Crippen LogP contribution in [0.25, 0.3) is 5.57 Å². The van der Waals surface area contributed by atoms with Crippen LogP contribution in [0.1, 0.15) is 10.4 Å². The van der Waals surface area contributed by atoms with Crippen LogP contribution >= 0.6 is 22.9 Å². The number of nitrogens with zero attached hydrogens (tertiary/aromatic N) is 1. The Kier molecular flexibility index (Phi) is 3.31. The first kappa shape index (κ1) is 13.9. The largest absolute Gasteiger partial charge is 0.502 e. The normalized spacial score (nSPS) is 15.2. The molecule has 0 unspecified atom stereocenters. The van der Waals surface area contributed by atoms with E-state index >= 15 is 0 Å². The number of rotatable bonds is 2. The van der Waals surface area contributed by atoms with Gasteiger partial charge >= 0.3 is 5.91 Å². The second-order valence-corrected chi connectivity index (χ2v) is 5.89. The maximum atomic E-state index is 12.5. The molecule has 21 heavy (non-hydrogen) atoms. The molecule has 0 spiro atoms. The number of amides is 2. The molecule has 0 saturated heterocycles. The fourth-order valence-corrected chi connectivity index (χ4v) is 3.15. The highest BCUT2D eigenvalue weighted by Gasteiger charge is 2.41. The number of benzene rings is 1. The highest BCUT2D eigenvalue weighted by Crippen LogP contribution is 2.36. The number of carbonyl (C=O) groups excluding carboxylic acids is 2. The number of aliphatic hydroxyl groups is 1. The van der Waals surface area contributed by atoms with Gasteiger partial charge in [-0.25, -0.2) is 4.90 Å². The summed E-state index contributed by atoms with van der Waals surface area (Å²) in [5.41, 5.74) is 1.03. The van der Waals surface area contributed by atoms with E-state index < -0.39 is 17.6 Å². The smallest absolute Gasteiger partial charge is 0.301 e. The van der Waals surface area contributed by atoms with Crippen LogP contribution < -0.4 is 4.90 Å². The SMILES string of the molecule is Cc1c(Cl)cccc1N1C(=O)C(O)=C(c2cccs2)C1=O. The Morgan fingerprint density at radius 3 is 2.57 bits per heavy atom. The van der Waals surface area contributed by atoms with E-state index in [1.54, 1.807) is 42.6 Å². The van der Waals surface area contributed by atoms with Gasteiger partial charge in [0.15, 0.2) is 5.76 Å². The molecule has 1 aromatic heterocycles. The Balaban J connectivity index is 2.11. The molecule has 0 fully saturated rings. The van der Waals surface area contributed by atoms with E-state index in [9.17, 15) is 14.7 Å². The first-order chi connectivity index (χ1) is 10.0. The highest BCUT2D eigenvalue weighted by atomic mass is 35.5. The van der Waals surface area contributed by atoms with Gasteiger partial charge in [0.05, 0.1) is 5.69 Å². The summed E-state index contributed by atoms with van der Waals surface area (Å²) < 4.78 is 0. The van der Waals surface area contributed by atoms with Gasteiger partial charge in [-0.3, -0.25) is 9.59 Å². The average Bonchev–Trinajstić information content (AvgIpc) is 3.03. The number of thiophene rings is 1. The Morgan fingerprint density at radius 1 is 1.14 bits per heavy atom. The van der Waals surface area contributed by atoms with Crippen molar-refractivity contribution in [2.75, 3.05) is 4.90 Å². The van der Waals surface area contributed by atoms with E-state index in [0.29, 0.717) is 21.2 Å². The lowest BCUT2D eigenvalue weighted by molar-refractivity contribution is -0.121. The van der Waals surface area contributed by atoms with Crippen LogP contribution in [0.5, 0.6) is 0 Å². The molecule has 106 valence electrons. The van der Waals surface area contributed by atoms with Gasteiger partial charge in [-0.2, -0.15) is 0 Å². The summed E-state index contributed by atoms with van der Waals surface area (Å²) in [4.78, 5) is 26.3. The lowest BCUT2D eigenvalue weighted by Gasteiger charge is -2.17. The zero-order valence-electron chi connectivity index (χ0n) is 11.0. The summed E-state index contributed by atoms with van der Waals surface area (Å²) in [6, 6.07) is 8.41. The minimum absolute atomic E-state index is 0.0365. The lowest BCUT2D eigenvalue weighted by Crippen LogP contribution is -2.32. The Bertz CT molecular complexity index is 780. The summed E-state index contributed by atoms with van der Waals surface area (Å²) in [7, 11) is 0. The van der Waals surface area contributed by atoms with Gasteiger partial charge in [0.1, 0.15) is 5.57 Å². The maximum absolute atomic E-state index is 12.5. The summed E-state index contributed by atoms with van der Waals surface area (Å²) in [6.45, 7) is 1.72. The van der Waals surface area contributed by atoms with Crippen LogP contribution in [-0.2, 0) is 9.59 Å². The van der Waals surface area contributed by atoms with Crippen LogP contribution in [0, 0.1) is 6.92 Å². The minimum atomic E-state index is -0.728. The number of aliphatic hydroxyl groups excluding tert-OH is 1. The van der Waals surface area contributed by atoms with Gasteiger partial charge in [-0.15, -0.1) is 11.3 Å². The van der Waals surface area contributed by atoms with Crippen molar-refractivity contribution in [3.8, 4) is 0 Å². The average molecular weight is 320 g/mol. The number of imide groups is 1. The fraction of sp³-hybridized carbons (Fsp3) is 0.0667. The van der Waals surface area contributed by atoms with E-state index in [1.165, 1.54) is 11.3 Å². The molecule has 3 rings (SSSR count). The third kappa shape index (κ3) is 2.05. The minimum Gasteiger partial charge on any atom is -0.502 e. The van der Waals surface area contributed by atoms with Crippen LogP contribution in [0.3, 0.4) is 0 Å². The molecule has 2 amide bonds. The number of hydrogen-bond acceptors (Lipinski definition) is 4. The topological polar surface area (TPSA) is 57.6 Å². The van der Waals surface area contributed by atoms with Crippen molar-refractivity contribution in [2.45, 2.75) is 6.92 Å². The molecular formula is C15H10ClNO3S. The van der Waals surface area contributed by atoms with E-state index in [2.05, 4.69) is 0 Å². The first-order valence-corrected chi connectivity index (χ1v) is 7.39. The molecule has 1 N–H and O–H groups in total. The van der Waals surface area contributed by atoms with Crippen molar-refractivity contribution in [2.24, 2.45) is 0 Å². The van der Waals surface area contributed by atoms with Gasteiger partial charge in [0, 0.05) is 9.90 Å². The van der Waals surface area contributed by atoms with E-state index in [4.69, 9.17) is 11.6 Å². The molecule has 0 aliphatic carbocycles. The zero-order chi connectivity index (χ0) is 15.1. The van der Waals surface area contributed by atoms with Gasteiger partial charge in [-0.05, 0) is 36.1 Å². The summed E-state index contributed by atoms with van der Waals surface area (Å²) in [6.07, 6.45) is 0. The monoisotopic (exact) mass is 319 g/mol. The quantitative estimate of drug-likeness (QED) is 0.861. The number of anilines is 1. The summed E-state index contributed by atoms with van der Waals surface area (Å²) in [5, 5.41) is 12.3. The van der Waals surface area contributed by atoms with E-state index in [1.807, 2.05) is 0 Å². The van der Waals surface area contributed by atoms with Crippen LogP contribution in [0.4, 0.5) is 5.69 Å². The maximum Gasteiger partial charge on any atom is 0.301 e. The molecule has 0 bridgehead atoms. The molecule has 2 heterocycles. The first-order valence-electron chi connectivity index (χ1n) is 6.13. The third-order valence-electron chi connectivity index (χ3n) is 3.31. The van der Waals surface area contributed by atoms with Gasteiger partial charge in [-0.1, -0.05) is 23.7 Å². The lowest BCUT2D eigenvalue weighted by atomic mass is 10.1. The van der Waals surface area contributed by atoms with Crippen molar-refractivity contribution in [1.29, 1.82) is 0 Å². The van der Waals surface area contributed by atoms with E-state index in [0.717, 1.165) is 4.90 Å². The molecule has 6 heteroatoms. The Labute approximate surface area is 129 Å².